The highest BCUT2D eigenvalue weighted by Crippen LogP contribution is 2.16. The number of aromatic hydroxyl groups is 1. The van der Waals surface area contributed by atoms with E-state index in [-0.39, 0.29) is 55.6 Å². The summed E-state index contributed by atoms with van der Waals surface area (Å²) in [5.74, 6) is -8.78. The fourth-order valence-corrected chi connectivity index (χ4v) is 7.61. The zero-order chi connectivity index (χ0) is 52.8. The number of hydrogen-bond donors (Lipinski definition) is 12. The summed E-state index contributed by atoms with van der Waals surface area (Å²) >= 11 is 0. The Kier molecular flexibility index (Phi) is 23.9. The summed E-state index contributed by atoms with van der Waals surface area (Å²) in [7, 11) is 0. The van der Waals surface area contributed by atoms with Crippen molar-refractivity contribution in [1.82, 2.24) is 47.9 Å². The molecule has 390 valence electrons. The average molecular weight is 993 g/mol. The molecular formula is C49H72N10O12. The maximum atomic E-state index is 14.1. The first-order chi connectivity index (χ1) is 33.6. The second-order valence-electron chi connectivity index (χ2n) is 18.6. The van der Waals surface area contributed by atoms with Crippen molar-refractivity contribution in [3.05, 3.63) is 65.7 Å². The van der Waals surface area contributed by atoms with Crippen LogP contribution in [0.25, 0.3) is 0 Å². The molecule has 9 amide bonds. The van der Waals surface area contributed by atoms with Gasteiger partial charge in [0.05, 0.1) is 19.1 Å². The molecule has 0 saturated carbocycles. The molecule has 2 aromatic rings. The summed E-state index contributed by atoms with van der Waals surface area (Å²) in [5, 5.41) is 43.3. The quantitative estimate of drug-likeness (QED) is 0.0474. The van der Waals surface area contributed by atoms with Crippen molar-refractivity contribution in [2.45, 2.75) is 135 Å². The highest BCUT2D eigenvalue weighted by Gasteiger charge is 2.35. The third-order valence-corrected chi connectivity index (χ3v) is 11.9. The molecule has 0 bridgehead atoms. The minimum absolute atomic E-state index is 0.0116. The summed E-state index contributed by atoms with van der Waals surface area (Å²) in [6.45, 7) is 10.0. The van der Waals surface area contributed by atoms with E-state index in [0.717, 1.165) is 6.42 Å². The van der Waals surface area contributed by atoms with Crippen LogP contribution in [0.5, 0.6) is 5.75 Å². The number of nitrogens with two attached hydrogens (primary N) is 1. The van der Waals surface area contributed by atoms with Crippen LogP contribution in [0.3, 0.4) is 0 Å². The summed E-state index contributed by atoms with van der Waals surface area (Å²) < 4.78 is 0. The molecule has 0 unspecified atom stereocenters. The van der Waals surface area contributed by atoms with Gasteiger partial charge in [-0.2, -0.15) is 0 Å². The molecule has 0 aromatic heterocycles. The Morgan fingerprint density at radius 2 is 1.20 bits per heavy atom. The highest BCUT2D eigenvalue weighted by atomic mass is 16.4. The van der Waals surface area contributed by atoms with Gasteiger partial charge in [-0.05, 0) is 73.2 Å². The molecule has 1 fully saturated rings. The predicted octanol–water partition coefficient (Wildman–Crippen LogP) is -0.831. The number of primary amides is 1. The maximum Gasteiger partial charge on any atom is 0.326 e. The molecule has 3 rings (SSSR count). The number of rotatable bonds is 29. The monoisotopic (exact) mass is 993 g/mol. The van der Waals surface area contributed by atoms with Gasteiger partial charge in [0.2, 0.25) is 53.2 Å². The Labute approximate surface area is 413 Å². The van der Waals surface area contributed by atoms with E-state index in [4.69, 9.17) is 5.73 Å². The lowest BCUT2D eigenvalue weighted by Gasteiger charge is -2.28. The molecule has 1 heterocycles. The number of phenolic OH excluding ortho intramolecular Hbond substituents is 1. The Morgan fingerprint density at radius 3 is 1.72 bits per heavy atom. The number of benzene rings is 2. The number of carboxylic acid groups (broad SMARTS) is 1. The second kappa shape index (κ2) is 29.2. The maximum absolute atomic E-state index is 14.1. The van der Waals surface area contributed by atoms with Crippen LogP contribution in [0.4, 0.5) is 0 Å². The first kappa shape index (κ1) is 58.2. The van der Waals surface area contributed by atoms with Crippen molar-refractivity contribution >= 4 is 59.1 Å². The van der Waals surface area contributed by atoms with Crippen LogP contribution in [0.2, 0.25) is 0 Å². The SMILES string of the molecule is CC[C@H](C)[C@H](NC(=O)[C@@H]1CCCN1)C(=O)N[C@@H](Cc1ccc(O)cc1)C(=O)N[C@@H](CC(C)C)C(=O)NCC(=O)NCC(=O)N[C@H](C(=O)N[C@@H](Cc1ccccc1)C(=O)N[C@@H](CCC(N)=O)C(=O)O)C(C)C. The van der Waals surface area contributed by atoms with Gasteiger partial charge in [0, 0.05) is 19.3 Å². The van der Waals surface area contributed by atoms with E-state index in [1.807, 2.05) is 27.7 Å². The molecule has 1 saturated heterocycles. The number of carbonyl (C=O) groups is 10. The summed E-state index contributed by atoms with van der Waals surface area (Å²) in [6, 6.07) is 6.71. The van der Waals surface area contributed by atoms with Crippen molar-refractivity contribution in [2.24, 2.45) is 23.5 Å². The van der Waals surface area contributed by atoms with Crippen LogP contribution in [0.1, 0.15) is 91.2 Å². The molecule has 13 N–H and O–H groups in total. The minimum atomic E-state index is -1.48. The van der Waals surface area contributed by atoms with Gasteiger partial charge < -0.3 is 63.8 Å². The molecule has 22 heteroatoms. The summed E-state index contributed by atoms with van der Waals surface area (Å²) in [5.41, 5.74) is 6.37. The lowest BCUT2D eigenvalue weighted by atomic mass is 9.96. The van der Waals surface area contributed by atoms with Crippen molar-refractivity contribution in [1.29, 1.82) is 0 Å². The average Bonchev–Trinajstić information content (AvgIpc) is 3.87. The molecule has 0 radical (unpaired) electrons. The first-order valence-corrected chi connectivity index (χ1v) is 24.0. The molecular weight excluding hydrogens is 921 g/mol. The number of aliphatic carboxylic acids is 1. The van der Waals surface area contributed by atoms with Crippen LogP contribution >= 0.6 is 0 Å². The number of nitrogens with one attached hydrogen (secondary N) is 9. The Hall–Kier alpha value is -7.10. The Morgan fingerprint density at radius 1 is 0.648 bits per heavy atom. The van der Waals surface area contributed by atoms with Crippen LogP contribution in [0.15, 0.2) is 54.6 Å². The third-order valence-electron chi connectivity index (χ3n) is 11.9. The highest BCUT2D eigenvalue weighted by molar-refractivity contribution is 5.97. The normalized spacial score (nSPS) is 16.1. The van der Waals surface area contributed by atoms with Crippen LogP contribution in [0, 0.1) is 17.8 Å². The van der Waals surface area contributed by atoms with Gasteiger partial charge in [-0.15, -0.1) is 0 Å². The molecule has 71 heavy (non-hydrogen) atoms. The van der Waals surface area contributed by atoms with E-state index in [0.29, 0.717) is 30.5 Å². The second-order valence-corrected chi connectivity index (χ2v) is 18.6. The Bertz CT molecular complexity index is 2150. The van der Waals surface area contributed by atoms with Gasteiger partial charge in [0.25, 0.3) is 0 Å². The fraction of sp³-hybridized carbons (Fsp3) is 0.551. The zero-order valence-corrected chi connectivity index (χ0v) is 41.3. The van der Waals surface area contributed by atoms with Gasteiger partial charge in [0.15, 0.2) is 0 Å². The third kappa shape index (κ3) is 20.4. The van der Waals surface area contributed by atoms with Crippen LogP contribution in [-0.2, 0) is 60.8 Å². The van der Waals surface area contributed by atoms with E-state index in [1.54, 1.807) is 56.3 Å². The van der Waals surface area contributed by atoms with E-state index >= 15 is 0 Å². The number of hydrogen-bond acceptors (Lipinski definition) is 12. The standard InChI is InChI=1S/C49H72N10O12/c1-7-29(6)42(59-44(65)33-14-11-21-51-33)48(69)57-37(24-31-15-17-32(60)18-16-31)46(67)55-35(22-27(2)3)43(64)53-25-39(62)52-26-40(63)58-41(28(4)5)47(68)56-36(23-30-12-9-8-10-13-30)45(66)54-34(49(70)71)19-20-38(50)61/h8-10,12-13,15-18,27-29,33-37,41-42,51,60H,7,11,14,19-26H2,1-6H3,(H2,50,61)(H,52,62)(H,53,64)(H,54,66)(H,55,67)(H,56,68)(H,57,69)(H,58,63)(H,59,65)(H,70,71)/t29-,33-,34-,35-,36-,37-,41-,42-/m0/s1. The zero-order valence-electron chi connectivity index (χ0n) is 41.3. The molecule has 0 aliphatic carbocycles. The van der Waals surface area contributed by atoms with E-state index < -0.39 is 115 Å². The summed E-state index contributed by atoms with van der Waals surface area (Å²) in [6.07, 6.45) is 1.39. The van der Waals surface area contributed by atoms with Gasteiger partial charge in [0.1, 0.15) is 42.0 Å². The topological polar surface area (TPSA) is 345 Å². The van der Waals surface area contributed by atoms with Gasteiger partial charge >= 0.3 is 5.97 Å². The number of phenols is 1. The van der Waals surface area contributed by atoms with Crippen LogP contribution in [-0.4, -0.2) is 131 Å². The first-order valence-electron chi connectivity index (χ1n) is 24.0. The largest absolute Gasteiger partial charge is 0.508 e. The molecule has 0 spiro atoms. The molecule has 1 aliphatic heterocycles. The van der Waals surface area contributed by atoms with Gasteiger partial charge in [-0.3, -0.25) is 43.2 Å². The Balaban J connectivity index is 1.67. The number of carbonyl (C=O) groups excluding carboxylic acids is 9. The molecule has 2 aromatic carbocycles. The minimum Gasteiger partial charge on any atom is -0.508 e. The summed E-state index contributed by atoms with van der Waals surface area (Å²) in [4.78, 5) is 131. The number of carboxylic acids is 1. The number of amides is 9. The fourth-order valence-electron chi connectivity index (χ4n) is 7.61. The van der Waals surface area contributed by atoms with Gasteiger partial charge in [-0.25, -0.2) is 4.79 Å². The van der Waals surface area contributed by atoms with E-state index in [1.165, 1.54) is 12.1 Å². The van der Waals surface area contributed by atoms with Gasteiger partial charge in [-0.1, -0.05) is 90.4 Å². The molecule has 1 aliphatic rings. The van der Waals surface area contributed by atoms with Crippen molar-refractivity contribution < 1.29 is 58.2 Å². The van der Waals surface area contributed by atoms with Crippen molar-refractivity contribution in [3.63, 3.8) is 0 Å². The predicted molar refractivity (Wildman–Crippen MR) is 260 cm³/mol. The lowest BCUT2D eigenvalue weighted by molar-refractivity contribution is -0.142. The van der Waals surface area contributed by atoms with Crippen molar-refractivity contribution in [3.8, 4) is 5.75 Å². The molecule has 22 nitrogen and oxygen atoms in total. The smallest absolute Gasteiger partial charge is 0.326 e. The van der Waals surface area contributed by atoms with Crippen LogP contribution < -0.4 is 53.6 Å². The van der Waals surface area contributed by atoms with Crippen molar-refractivity contribution in [2.75, 3.05) is 19.6 Å². The molecule has 8 atom stereocenters. The van der Waals surface area contributed by atoms with E-state index in [2.05, 4.69) is 47.9 Å². The lowest BCUT2D eigenvalue weighted by Crippen LogP contribution is -2.59. The van der Waals surface area contributed by atoms with E-state index in [9.17, 15) is 58.2 Å².